The van der Waals surface area contributed by atoms with Crippen LogP contribution in [0, 0.1) is 0 Å². The van der Waals surface area contributed by atoms with Crippen LogP contribution in [0.25, 0.3) is 16.9 Å². The van der Waals surface area contributed by atoms with Crippen LogP contribution in [0.5, 0.6) is 0 Å². The first-order chi connectivity index (χ1) is 12.1. The predicted octanol–water partition coefficient (Wildman–Crippen LogP) is 6.89. The van der Waals surface area contributed by atoms with Crippen LogP contribution in [-0.4, -0.2) is 15.0 Å². The minimum atomic E-state index is -9.68. The zero-order valence-electron chi connectivity index (χ0n) is 14.8. The maximum Gasteiger partial charge on any atom is 0.310 e. The molecule has 0 aliphatic heterocycles. The molecule has 0 aliphatic carbocycles. The molecule has 0 atom stereocenters. The van der Waals surface area contributed by atoms with Crippen LogP contribution in [0.15, 0.2) is 59.6 Å². The largest absolute Gasteiger partial charge is 0.310 e. The maximum absolute atomic E-state index is 12.8. The van der Waals surface area contributed by atoms with Gasteiger partial charge >= 0.3 is 10.2 Å². The van der Waals surface area contributed by atoms with Gasteiger partial charge in [-0.05, 0) is 35.2 Å². The molecule has 1 heterocycles. The summed E-state index contributed by atoms with van der Waals surface area (Å²) in [6.45, 7) is 6.28. The molecule has 0 spiro atoms. The summed E-state index contributed by atoms with van der Waals surface area (Å²) in [5.74, 6) is 0. The zero-order chi connectivity index (χ0) is 20.2. The first kappa shape index (κ1) is 19.3. The lowest BCUT2D eigenvalue weighted by molar-refractivity contribution is 0.364. The Morgan fingerprint density at radius 3 is 1.85 bits per heavy atom. The van der Waals surface area contributed by atoms with Gasteiger partial charge in [-0.25, -0.2) is 4.68 Å². The fourth-order valence-electron chi connectivity index (χ4n) is 2.52. The Bertz CT molecular complexity index is 970. The van der Waals surface area contributed by atoms with Crippen LogP contribution >= 0.6 is 10.2 Å². The molecule has 3 rings (SSSR count). The number of rotatable bonds is 3. The van der Waals surface area contributed by atoms with E-state index in [0.717, 1.165) is 23.3 Å². The van der Waals surface area contributed by atoms with Crippen LogP contribution in [0.2, 0.25) is 0 Å². The number of halogens is 5. The molecule has 0 saturated carbocycles. The van der Waals surface area contributed by atoms with Crippen molar-refractivity contribution in [3.8, 4) is 16.9 Å². The van der Waals surface area contributed by atoms with Gasteiger partial charge in [0, 0.05) is 5.56 Å². The monoisotopic (exact) mass is 403 g/mol. The number of aromatic nitrogens is 3. The molecule has 9 heteroatoms. The summed E-state index contributed by atoms with van der Waals surface area (Å²) in [5.41, 5.74) is 2.65. The molecular formula is C18H18F5N3S. The number of hydrogen-bond donors (Lipinski definition) is 0. The molecule has 0 saturated heterocycles. The van der Waals surface area contributed by atoms with Crippen molar-refractivity contribution < 1.29 is 19.4 Å². The van der Waals surface area contributed by atoms with Crippen molar-refractivity contribution in [3.05, 3.63) is 60.3 Å². The Morgan fingerprint density at radius 2 is 1.37 bits per heavy atom. The van der Waals surface area contributed by atoms with Crippen molar-refractivity contribution in [3.63, 3.8) is 0 Å². The minimum Gasteiger partial charge on any atom is -0.220 e. The second-order valence-corrected chi connectivity index (χ2v) is 9.75. The highest BCUT2D eigenvalue weighted by molar-refractivity contribution is 8.45. The van der Waals surface area contributed by atoms with E-state index in [2.05, 4.69) is 31.1 Å². The lowest BCUT2D eigenvalue weighted by Crippen LogP contribution is -2.10. The standard InChI is InChI=1S/C18H18F5N3S/c1-18(2,3)14-6-4-13(5-7-14)17-12-26(25-24-17)15-8-10-16(11-9-15)27(19,20,21,22)23/h4-12H,1-3H3. The Hall–Kier alpha value is -2.42. The second-order valence-electron chi connectivity index (χ2n) is 7.34. The van der Waals surface area contributed by atoms with Crippen molar-refractivity contribution >= 4 is 10.2 Å². The summed E-state index contributed by atoms with van der Waals surface area (Å²) in [4.78, 5) is -1.93. The van der Waals surface area contributed by atoms with Crippen LogP contribution in [0.3, 0.4) is 0 Å². The molecule has 0 aliphatic rings. The highest BCUT2D eigenvalue weighted by Crippen LogP contribution is 3.02. The zero-order valence-corrected chi connectivity index (χ0v) is 15.7. The quantitative estimate of drug-likeness (QED) is 0.446. The van der Waals surface area contributed by atoms with Gasteiger partial charge in [-0.3, -0.25) is 0 Å². The van der Waals surface area contributed by atoms with E-state index < -0.39 is 15.1 Å². The molecule has 146 valence electrons. The third kappa shape index (κ3) is 4.29. The molecule has 0 amide bonds. The van der Waals surface area contributed by atoms with Gasteiger partial charge in [-0.1, -0.05) is 69.7 Å². The van der Waals surface area contributed by atoms with Gasteiger partial charge in [0.15, 0.2) is 0 Å². The Morgan fingerprint density at radius 1 is 0.815 bits per heavy atom. The van der Waals surface area contributed by atoms with Crippen molar-refractivity contribution in [2.45, 2.75) is 31.1 Å². The lowest BCUT2D eigenvalue weighted by atomic mass is 9.86. The highest BCUT2D eigenvalue weighted by atomic mass is 32.5. The Balaban J connectivity index is 1.88. The Kier molecular flexibility index (Phi) is 3.80. The van der Waals surface area contributed by atoms with Crippen molar-refractivity contribution in [2.75, 3.05) is 0 Å². The second kappa shape index (κ2) is 5.31. The summed E-state index contributed by atoms with van der Waals surface area (Å²) in [5, 5.41) is 7.87. The van der Waals surface area contributed by atoms with Gasteiger partial charge in [0.05, 0.1) is 11.9 Å². The minimum absolute atomic E-state index is 0.000745. The van der Waals surface area contributed by atoms with Crippen LogP contribution in [0.1, 0.15) is 26.3 Å². The third-order valence-electron chi connectivity index (χ3n) is 4.09. The summed E-state index contributed by atoms with van der Waals surface area (Å²) in [7, 11) is -9.68. The molecule has 0 unspecified atom stereocenters. The van der Waals surface area contributed by atoms with Gasteiger partial charge in [0.1, 0.15) is 10.6 Å². The maximum atomic E-state index is 12.8. The molecule has 27 heavy (non-hydrogen) atoms. The fraction of sp³-hybridized carbons (Fsp3) is 0.222. The molecule has 2 aromatic carbocycles. The smallest absolute Gasteiger partial charge is 0.220 e. The average molecular weight is 403 g/mol. The van der Waals surface area contributed by atoms with E-state index in [1.165, 1.54) is 10.9 Å². The van der Waals surface area contributed by atoms with E-state index >= 15 is 0 Å². The molecule has 3 nitrogen and oxygen atoms in total. The van der Waals surface area contributed by atoms with E-state index in [1.54, 1.807) is 0 Å². The van der Waals surface area contributed by atoms with E-state index in [1.807, 2.05) is 24.3 Å². The summed E-state index contributed by atoms with van der Waals surface area (Å²) >= 11 is 0. The molecular weight excluding hydrogens is 385 g/mol. The topological polar surface area (TPSA) is 30.7 Å². The van der Waals surface area contributed by atoms with Gasteiger partial charge in [-0.2, -0.15) is 0 Å². The average Bonchev–Trinajstić information content (AvgIpc) is 3.02. The highest BCUT2D eigenvalue weighted by Gasteiger charge is 2.65. The summed E-state index contributed by atoms with van der Waals surface area (Å²) in [6, 6.07) is 10.3. The molecule has 0 radical (unpaired) electrons. The normalized spacial score (nSPS) is 15.3. The molecule has 0 bridgehead atoms. The molecule has 0 N–H and O–H groups in total. The van der Waals surface area contributed by atoms with Gasteiger partial charge in [0.2, 0.25) is 0 Å². The van der Waals surface area contributed by atoms with E-state index in [4.69, 9.17) is 0 Å². The van der Waals surface area contributed by atoms with E-state index in [0.29, 0.717) is 17.8 Å². The van der Waals surface area contributed by atoms with Gasteiger partial charge in [-0.15, -0.1) is 5.10 Å². The predicted molar refractivity (Wildman–Crippen MR) is 96.9 cm³/mol. The van der Waals surface area contributed by atoms with Crippen molar-refractivity contribution in [2.24, 2.45) is 0 Å². The van der Waals surface area contributed by atoms with E-state index in [-0.39, 0.29) is 11.1 Å². The van der Waals surface area contributed by atoms with Crippen LogP contribution < -0.4 is 0 Å². The van der Waals surface area contributed by atoms with Crippen molar-refractivity contribution in [1.29, 1.82) is 0 Å². The molecule has 0 fully saturated rings. The van der Waals surface area contributed by atoms with Crippen molar-refractivity contribution in [1.82, 2.24) is 15.0 Å². The molecule has 1 aromatic heterocycles. The summed E-state index contributed by atoms with van der Waals surface area (Å²) in [6.07, 6.45) is 1.53. The molecule has 3 aromatic rings. The van der Waals surface area contributed by atoms with Crippen LogP contribution in [0.4, 0.5) is 19.4 Å². The van der Waals surface area contributed by atoms with E-state index in [9.17, 15) is 19.4 Å². The first-order valence-corrected chi connectivity index (χ1v) is 9.96. The van der Waals surface area contributed by atoms with Crippen LogP contribution in [-0.2, 0) is 5.41 Å². The number of nitrogens with zero attached hydrogens (tertiary/aromatic N) is 3. The van der Waals surface area contributed by atoms with Gasteiger partial charge in [0.25, 0.3) is 0 Å². The summed E-state index contributed by atoms with van der Waals surface area (Å²) < 4.78 is 65.2. The third-order valence-corrected chi connectivity index (χ3v) is 5.25. The SMILES string of the molecule is CC(C)(C)c1ccc(-c2cn(-c3ccc(S(F)(F)(F)(F)F)cc3)nn2)cc1. The number of hydrogen-bond acceptors (Lipinski definition) is 2. The number of benzene rings is 2. The fourth-order valence-corrected chi connectivity index (χ4v) is 3.17. The lowest BCUT2D eigenvalue weighted by Gasteiger charge is -2.40. The Labute approximate surface area is 153 Å². The first-order valence-electron chi connectivity index (χ1n) is 8.01. The van der Waals surface area contributed by atoms with Gasteiger partial charge < -0.3 is 0 Å².